The number of rotatable bonds is 4. The van der Waals surface area contributed by atoms with Crippen molar-refractivity contribution in [2.45, 2.75) is 45.8 Å². The van der Waals surface area contributed by atoms with Gasteiger partial charge >= 0.3 is 6.92 Å². The van der Waals surface area contributed by atoms with Crippen molar-refractivity contribution < 1.29 is 14.2 Å². The Morgan fingerprint density at radius 2 is 2.16 bits per heavy atom. The van der Waals surface area contributed by atoms with E-state index in [9.17, 15) is 9.59 Å². The Balaban J connectivity index is 2.26. The molecular weight excluding hydrogens is 239 g/mol. The minimum absolute atomic E-state index is 0.0205. The standard InChI is InChI=1S/C15H19BO3/c1-4-13(18)9-12-8-11-6-5-7-14(10(2)17)15(11)19-16(12)3/h5-7,12H,4,8-9H2,1-3H3. The Kier molecular flexibility index (Phi) is 4.08. The third-order valence-corrected chi connectivity index (χ3v) is 3.81. The molecule has 1 aliphatic heterocycles. The molecule has 1 atom stereocenters. The van der Waals surface area contributed by atoms with Gasteiger partial charge in [0.2, 0.25) is 0 Å². The lowest BCUT2D eigenvalue weighted by atomic mass is 9.53. The molecule has 2 rings (SSSR count). The highest BCUT2D eigenvalue weighted by molar-refractivity contribution is 6.53. The molecule has 0 fully saturated rings. The first-order chi connectivity index (χ1) is 9.02. The van der Waals surface area contributed by atoms with Crippen molar-refractivity contribution in [3.05, 3.63) is 29.3 Å². The maximum atomic E-state index is 11.6. The summed E-state index contributed by atoms with van der Waals surface area (Å²) in [6.07, 6.45) is 1.94. The second kappa shape index (κ2) is 5.60. The van der Waals surface area contributed by atoms with E-state index in [4.69, 9.17) is 4.65 Å². The average Bonchev–Trinajstić information content (AvgIpc) is 2.38. The number of ketones is 2. The highest BCUT2D eigenvalue weighted by Gasteiger charge is 2.33. The number of para-hydroxylation sites is 1. The van der Waals surface area contributed by atoms with Crippen molar-refractivity contribution in [2.24, 2.45) is 0 Å². The highest BCUT2D eigenvalue weighted by atomic mass is 16.4. The van der Waals surface area contributed by atoms with Crippen molar-refractivity contribution in [3.8, 4) is 5.75 Å². The summed E-state index contributed by atoms with van der Waals surface area (Å²) in [6.45, 7) is 5.39. The predicted molar refractivity (Wildman–Crippen MR) is 76.1 cm³/mol. The molecule has 3 nitrogen and oxygen atoms in total. The molecule has 0 aromatic heterocycles. The van der Waals surface area contributed by atoms with E-state index in [-0.39, 0.29) is 24.3 Å². The van der Waals surface area contributed by atoms with Crippen LogP contribution in [0.3, 0.4) is 0 Å². The monoisotopic (exact) mass is 258 g/mol. The first kappa shape index (κ1) is 13.8. The fourth-order valence-corrected chi connectivity index (χ4v) is 2.57. The molecule has 0 N–H and O–H groups in total. The quantitative estimate of drug-likeness (QED) is 0.615. The van der Waals surface area contributed by atoms with E-state index in [2.05, 4.69) is 0 Å². The van der Waals surface area contributed by atoms with Gasteiger partial charge in [0.1, 0.15) is 11.5 Å². The third-order valence-electron chi connectivity index (χ3n) is 3.81. The maximum absolute atomic E-state index is 11.6. The van der Waals surface area contributed by atoms with Gasteiger partial charge < -0.3 is 4.65 Å². The fourth-order valence-electron chi connectivity index (χ4n) is 2.57. The van der Waals surface area contributed by atoms with Gasteiger partial charge in [-0.25, -0.2) is 0 Å². The van der Waals surface area contributed by atoms with Crippen LogP contribution in [0.5, 0.6) is 5.75 Å². The molecule has 0 radical (unpaired) electrons. The molecule has 0 saturated carbocycles. The molecule has 1 aromatic rings. The number of benzene rings is 1. The number of carbonyl (C=O) groups excluding carboxylic acids is 2. The van der Waals surface area contributed by atoms with Crippen LogP contribution in [0.4, 0.5) is 0 Å². The van der Waals surface area contributed by atoms with Gasteiger partial charge in [0.15, 0.2) is 5.78 Å². The lowest BCUT2D eigenvalue weighted by molar-refractivity contribution is -0.118. The van der Waals surface area contributed by atoms with Crippen molar-refractivity contribution in [3.63, 3.8) is 0 Å². The van der Waals surface area contributed by atoms with Crippen LogP contribution in [0.1, 0.15) is 42.6 Å². The Bertz CT molecular complexity index is 510. The Morgan fingerprint density at radius 3 is 2.79 bits per heavy atom. The summed E-state index contributed by atoms with van der Waals surface area (Å²) in [5.41, 5.74) is 1.68. The summed E-state index contributed by atoms with van der Waals surface area (Å²) < 4.78 is 5.91. The number of hydrogen-bond acceptors (Lipinski definition) is 3. The van der Waals surface area contributed by atoms with Gasteiger partial charge in [-0.05, 0) is 37.6 Å². The van der Waals surface area contributed by atoms with Crippen LogP contribution >= 0.6 is 0 Å². The van der Waals surface area contributed by atoms with Crippen LogP contribution in [0, 0.1) is 0 Å². The molecule has 0 amide bonds. The molecular formula is C15H19BO3. The number of Topliss-reactive ketones (excluding diaryl/α,β-unsaturated/α-hetero) is 2. The third kappa shape index (κ3) is 2.88. The second-order valence-electron chi connectivity index (χ2n) is 5.23. The number of hydrogen-bond donors (Lipinski definition) is 0. The summed E-state index contributed by atoms with van der Waals surface area (Å²) in [4.78, 5) is 23.2. The molecule has 0 aliphatic carbocycles. The largest absolute Gasteiger partial charge is 0.560 e. The predicted octanol–water partition coefficient (Wildman–Crippen LogP) is 3.18. The van der Waals surface area contributed by atoms with Crippen molar-refractivity contribution in [1.29, 1.82) is 0 Å². The van der Waals surface area contributed by atoms with E-state index < -0.39 is 0 Å². The van der Waals surface area contributed by atoms with Crippen molar-refractivity contribution in [2.75, 3.05) is 0 Å². The molecule has 1 aromatic carbocycles. The first-order valence-electron chi connectivity index (χ1n) is 6.84. The van der Waals surface area contributed by atoms with E-state index in [1.807, 2.05) is 25.9 Å². The topological polar surface area (TPSA) is 43.4 Å². The summed E-state index contributed by atoms with van der Waals surface area (Å²) in [5.74, 6) is 1.21. The number of fused-ring (bicyclic) bond motifs is 1. The Hall–Kier alpha value is -1.58. The summed E-state index contributed by atoms with van der Waals surface area (Å²) in [7, 11) is 0. The minimum atomic E-state index is -0.0245. The zero-order valence-corrected chi connectivity index (χ0v) is 11.7. The van der Waals surface area contributed by atoms with Crippen LogP contribution in [-0.4, -0.2) is 18.5 Å². The molecule has 0 spiro atoms. The van der Waals surface area contributed by atoms with Crippen molar-refractivity contribution in [1.82, 2.24) is 0 Å². The Labute approximate surface area is 114 Å². The maximum Gasteiger partial charge on any atom is 0.358 e. The van der Waals surface area contributed by atoms with Crippen LogP contribution in [-0.2, 0) is 11.2 Å². The van der Waals surface area contributed by atoms with Gasteiger partial charge in [-0.15, -0.1) is 0 Å². The molecule has 1 heterocycles. The molecule has 4 heteroatoms. The molecule has 1 unspecified atom stereocenters. The van der Waals surface area contributed by atoms with E-state index in [1.165, 1.54) is 0 Å². The molecule has 1 aliphatic rings. The molecule has 0 bridgehead atoms. The minimum Gasteiger partial charge on any atom is -0.560 e. The lowest BCUT2D eigenvalue weighted by Gasteiger charge is -2.30. The second-order valence-corrected chi connectivity index (χ2v) is 5.23. The SMILES string of the molecule is CCC(=O)CC1Cc2cccc(C(C)=O)c2OB1C. The van der Waals surface area contributed by atoms with E-state index >= 15 is 0 Å². The molecule has 100 valence electrons. The molecule has 19 heavy (non-hydrogen) atoms. The lowest BCUT2D eigenvalue weighted by Crippen LogP contribution is -2.32. The van der Waals surface area contributed by atoms with E-state index in [1.54, 1.807) is 13.0 Å². The zero-order chi connectivity index (χ0) is 14.0. The average molecular weight is 258 g/mol. The summed E-state index contributed by atoms with van der Waals surface area (Å²) in [6, 6.07) is 5.66. The summed E-state index contributed by atoms with van der Waals surface area (Å²) in [5, 5.41) is 0. The van der Waals surface area contributed by atoms with Gasteiger partial charge in [-0.1, -0.05) is 19.1 Å². The van der Waals surface area contributed by atoms with Gasteiger partial charge in [-0.2, -0.15) is 0 Å². The Morgan fingerprint density at radius 1 is 1.42 bits per heavy atom. The summed E-state index contributed by atoms with van der Waals surface area (Å²) >= 11 is 0. The van der Waals surface area contributed by atoms with E-state index in [0.717, 1.165) is 12.0 Å². The van der Waals surface area contributed by atoms with Crippen LogP contribution in [0.2, 0.25) is 12.6 Å². The number of carbonyl (C=O) groups is 2. The fraction of sp³-hybridized carbons (Fsp3) is 0.467. The smallest absolute Gasteiger partial charge is 0.358 e. The zero-order valence-electron chi connectivity index (χ0n) is 11.7. The van der Waals surface area contributed by atoms with Crippen molar-refractivity contribution >= 4 is 18.5 Å². The molecule has 0 saturated heterocycles. The van der Waals surface area contributed by atoms with Crippen LogP contribution in [0.15, 0.2) is 18.2 Å². The van der Waals surface area contributed by atoms with Crippen LogP contribution in [0.25, 0.3) is 0 Å². The van der Waals surface area contributed by atoms with Gasteiger partial charge in [-0.3, -0.25) is 9.59 Å². The highest BCUT2D eigenvalue weighted by Crippen LogP contribution is 2.37. The van der Waals surface area contributed by atoms with Gasteiger partial charge in [0.25, 0.3) is 0 Å². The van der Waals surface area contributed by atoms with Gasteiger partial charge in [0.05, 0.1) is 5.56 Å². The van der Waals surface area contributed by atoms with Gasteiger partial charge in [0, 0.05) is 12.8 Å². The normalized spacial score (nSPS) is 17.6. The van der Waals surface area contributed by atoms with E-state index in [0.29, 0.717) is 24.2 Å². The first-order valence-corrected chi connectivity index (χ1v) is 6.84. The van der Waals surface area contributed by atoms with Crippen LogP contribution < -0.4 is 4.65 Å².